The number of benzene rings is 1. The minimum absolute atomic E-state index is 0.251. The highest BCUT2D eigenvalue weighted by Gasteiger charge is 2.32. The lowest BCUT2D eigenvalue weighted by molar-refractivity contribution is 0.138. The van der Waals surface area contributed by atoms with Crippen molar-refractivity contribution >= 4 is 15.8 Å². The Morgan fingerprint density at radius 2 is 2.05 bits per heavy atom. The minimum atomic E-state index is -3.64. The largest absolute Gasteiger partial charge is 0.487 e. The summed E-state index contributed by atoms with van der Waals surface area (Å²) in [6, 6.07) is 6.66. The van der Waals surface area contributed by atoms with Gasteiger partial charge in [-0.15, -0.1) is 0 Å². The summed E-state index contributed by atoms with van der Waals surface area (Å²) in [6.07, 6.45) is 2.40. The Hall–Kier alpha value is -2.02. The highest BCUT2D eigenvalue weighted by molar-refractivity contribution is 7.92. The van der Waals surface area contributed by atoms with Crippen LogP contribution in [-0.4, -0.2) is 30.8 Å². The molecule has 0 atom stereocenters. The highest BCUT2D eigenvalue weighted by atomic mass is 32.2. The topological polar surface area (TPSA) is 64.4 Å². The van der Waals surface area contributed by atoms with E-state index in [0.717, 1.165) is 11.3 Å². The van der Waals surface area contributed by atoms with Gasteiger partial charge in [0.15, 0.2) is 5.82 Å². The number of sulfonamides is 1. The molecule has 1 aromatic carbocycles. The Morgan fingerprint density at radius 1 is 1.32 bits per heavy atom. The monoisotopic (exact) mass is 321 g/mol. The number of hydrogen-bond donors (Lipinski definition) is 0. The fourth-order valence-electron chi connectivity index (χ4n) is 2.60. The fraction of sp³-hybridized carbons (Fsp3) is 0.400. The van der Waals surface area contributed by atoms with Crippen molar-refractivity contribution in [1.82, 2.24) is 9.78 Å². The Balaban J connectivity index is 1.97. The number of rotatable bonds is 3. The lowest BCUT2D eigenvalue weighted by atomic mass is 10.0. The van der Waals surface area contributed by atoms with E-state index in [1.165, 1.54) is 11.4 Å². The van der Waals surface area contributed by atoms with Crippen LogP contribution in [0.4, 0.5) is 5.82 Å². The molecule has 0 radical (unpaired) electrons. The highest BCUT2D eigenvalue weighted by Crippen LogP contribution is 2.36. The zero-order chi connectivity index (χ0) is 16.1. The third-order valence-electron chi connectivity index (χ3n) is 3.71. The van der Waals surface area contributed by atoms with Gasteiger partial charge in [0.1, 0.15) is 11.4 Å². The van der Waals surface area contributed by atoms with Crippen LogP contribution in [0.1, 0.15) is 19.4 Å². The molecule has 2 aromatic rings. The normalized spacial score (nSPS) is 16.2. The number of fused-ring (bicyclic) bond motifs is 1. The van der Waals surface area contributed by atoms with Gasteiger partial charge in [-0.1, -0.05) is 0 Å². The number of anilines is 1. The zero-order valence-electron chi connectivity index (χ0n) is 13.1. The number of ether oxygens (including phenoxy) is 1. The molecule has 1 aliphatic rings. The summed E-state index contributed by atoms with van der Waals surface area (Å²) in [5.41, 5.74) is 0.623. The lowest BCUT2D eigenvalue weighted by Gasteiger charge is -2.17. The third-order valence-corrected chi connectivity index (χ3v) is 5.47. The van der Waals surface area contributed by atoms with E-state index in [2.05, 4.69) is 5.10 Å². The molecule has 22 heavy (non-hydrogen) atoms. The van der Waals surface area contributed by atoms with Gasteiger partial charge in [-0.05, 0) is 37.6 Å². The Bertz CT molecular complexity index is 824. The van der Waals surface area contributed by atoms with Crippen molar-refractivity contribution in [3.05, 3.63) is 36.0 Å². The van der Waals surface area contributed by atoms with Gasteiger partial charge in [-0.2, -0.15) is 5.10 Å². The van der Waals surface area contributed by atoms with Gasteiger partial charge in [0.05, 0.1) is 4.90 Å². The minimum Gasteiger partial charge on any atom is -0.487 e. The molecule has 0 saturated carbocycles. The third kappa shape index (κ3) is 2.45. The number of aromatic nitrogens is 2. The van der Waals surface area contributed by atoms with E-state index in [0.29, 0.717) is 12.2 Å². The van der Waals surface area contributed by atoms with Crippen LogP contribution >= 0.6 is 0 Å². The molecule has 0 spiro atoms. The van der Waals surface area contributed by atoms with Gasteiger partial charge in [0.25, 0.3) is 10.0 Å². The molecule has 0 bridgehead atoms. The second-order valence-corrected chi connectivity index (χ2v) is 8.10. The quantitative estimate of drug-likeness (QED) is 0.867. The Morgan fingerprint density at radius 3 is 2.68 bits per heavy atom. The molecule has 3 rings (SSSR count). The van der Waals surface area contributed by atoms with Crippen LogP contribution in [0.25, 0.3) is 0 Å². The molecule has 0 N–H and O–H groups in total. The van der Waals surface area contributed by atoms with Crippen LogP contribution < -0.4 is 9.04 Å². The number of hydrogen-bond acceptors (Lipinski definition) is 4. The molecule has 0 saturated heterocycles. The van der Waals surface area contributed by atoms with Gasteiger partial charge >= 0.3 is 0 Å². The predicted molar refractivity (Wildman–Crippen MR) is 83.6 cm³/mol. The van der Waals surface area contributed by atoms with Crippen molar-refractivity contribution in [2.45, 2.75) is 30.8 Å². The van der Waals surface area contributed by atoms with E-state index in [1.54, 1.807) is 42.2 Å². The fourth-order valence-corrected chi connectivity index (χ4v) is 3.79. The van der Waals surface area contributed by atoms with Crippen LogP contribution in [0, 0.1) is 0 Å². The summed E-state index contributed by atoms with van der Waals surface area (Å²) >= 11 is 0. The standard InChI is InChI=1S/C15H19N3O3S/c1-15(2)10-11-9-12(5-6-13(11)21-15)22(19,20)18(4)14-7-8-17(3)16-14/h5-9H,10H2,1-4H3. The first-order chi connectivity index (χ1) is 10.2. The van der Waals surface area contributed by atoms with Crippen LogP contribution in [0.3, 0.4) is 0 Å². The molecule has 0 unspecified atom stereocenters. The van der Waals surface area contributed by atoms with Crippen molar-refractivity contribution in [3.8, 4) is 5.75 Å². The van der Waals surface area contributed by atoms with Gasteiger partial charge in [0, 0.05) is 32.8 Å². The number of nitrogens with zero attached hydrogens (tertiary/aromatic N) is 3. The molecule has 6 nitrogen and oxygen atoms in total. The van der Waals surface area contributed by atoms with E-state index in [9.17, 15) is 8.42 Å². The smallest absolute Gasteiger partial charge is 0.265 e. The molecule has 0 fully saturated rings. The average Bonchev–Trinajstić information content (AvgIpc) is 2.98. The van der Waals surface area contributed by atoms with Gasteiger partial charge in [-0.25, -0.2) is 8.42 Å². The van der Waals surface area contributed by atoms with Crippen molar-refractivity contribution in [2.75, 3.05) is 11.4 Å². The molecule has 2 heterocycles. The molecule has 7 heteroatoms. The first-order valence-corrected chi connectivity index (χ1v) is 8.44. The maximum absolute atomic E-state index is 12.7. The van der Waals surface area contributed by atoms with Crippen molar-refractivity contribution < 1.29 is 13.2 Å². The molecule has 0 aliphatic carbocycles. The molecule has 1 aromatic heterocycles. The summed E-state index contributed by atoms with van der Waals surface area (Å²) in [6.45, 7) is 3.97. The molecular weight excluding hydrogens is 302 g/mol. The Labute approximate surface area is 130 Å². The second kappa shape index (κ2) is 4.74. The maximum Gasteiger partial charge on any atom is 0.265 e. The average molecular weight is 321 g/mol. The molecule has 1 aliphatic heterocycles. The maximum atomic E-state index is 12.7. The van der Waals surface area contributed by atoms with Crippen LogP contribution in [0.5, 0.6) is 5.75 Å². The van der Waals surface area contributed by atoms with E-state index in [4.69, 9.17) is 4.74 Å². The lowest BCUT2D eigenvalue weighted by Crippen LogP contribution is -2.27. The molecule has 0 amide bonds. The second-order valence-electron chi connectivity index (χ2n) is 6.13. The van der Waals surface area contributed by atoms with E-state index < -0.39 is 10.0 Å². The first-order valence-electron chi connectivity index (χ1n) is 7.00. The van der Waals surface area contributed by atoms with Crippen molar-refractivity contribution in [1.29, 1.82) is 0 Å². The zero-order valence-corrected chi connectivity index (χ0v) is 13.9. The van der Waals surface area contributed by atoms with Gasteiger partial charge < -0.3 is 4.74 Å². The summed E-state index contributed by atoms with van der Waals surface area (Å²) < 4.78 is 34.0. The molecule has 118 valence electrons. The SMILES string of the molecule is CN(c1ccn(C)n1)S(=O)(=O)c1ccc2c(c1)CC(C)(C)O2. The predicted octanol–water partition coefficient (Wildman–Crippen LogP) is 1.96. The van der Waals surface area contributed by atoms with Crippen LogP contribution in [0.2, 0.25) is 0 Å². The summed E-state index contributed by atoms with van der Waals surface area (Å²) in [7, 11) is -0.382. The van der Waals surface area contributed by atoms with Gasteiger partial charge in [0.2, 0.25) is 0 Å². The van der Waals surface area contributed by atoms with Gasteiger partial charge in [-0.3, -0.25) is 8.99 Å². The summed E-state index contributed by atoms with van der Waals surface area (Å²) in [5.74, 6) is 1.14. The summed E-state index contributed by atoms with van der Waals surface area (Å²) in [5, 5.41) is 4.14. The molecular formula is C15H19N3O3S. The van der Waals surface area contributed by atoms with Crippen molar-refractivity contribution in [2.24, 2.45) is 7.05 Å². The van der Waals surface area contributed by atoms with E-state index in [1.807, 2.05) is 13.8 Å². The first kappa shape index (κ1) is 14.9. The van der Waals surface area contributed by atoms with E-state index in [-0.39, 0.29) is 10.5 Å². The Kier molecular flexibility index (Phi) is 3.21. The van der Waals surface area contributed by atoms with Crippen LogP contribution in [0.15, 0.2) is 35.4 Å². The van der Waals surface area contributed by atoms with Crippen molar-refractivity contribution in [3.63, 3.8) is 0 Å². The van der Waals surface area contributed by atoms with E-state index >= 15 is 0 Å². The summed E-state index contributed by atoms with van der Waals surface area (Å²) in [4.78, 5) is 0.251. The van der Waals surface area contributed by atoms with Crippen LogP contribution in [-0.2, 0) is 23.5 Å². The number of aryl methyl sites for hydroxylation is 1.